The van der Waals surface area contributed by atoms with Crippen molar-refractivity contribution in [1.29, 1.82) is 5.26 Å². The van der Waals surface area contributed by atoms with Crippen LogP contribution in [0.2, 0.25) is 0 Å². The molecule has 3 aromatic heterocycles. The van der Waals surface area contributed by atoms with Crippen molar-refractivity contribution in [2.75, 3.05) is 36.0 Å². The molecule has 0 amide bonds. The molecule has 1 aliphatic heterocycles. The standard InChI is InChI=1S/C22H18F3N7S/c1-14-13-33-21(27-14)31-9-7-30(8-10-31)20-16(12-26)19-28-18(22(23,24)25)11-17(32(19)29-20)15-5-3-2-4-6-15/h2-6,11,13H,7-10H2,1H3. The van der Waals surface area contributed by atoms with Gasteiger partial charge in [0.2, 0.25) is 0 Å². The molecule has 11 heteroatoms. The Hall–Kier alpha value is -3.65. The first-order valence-corrected chi connectivity index (χ1v) is 11.1. The van der Waals surface area contributed by atoms with Crippen molar-refractivity contribution < 1.29 is 13.2 Å². The van der Waals surface area contributed by atoms with Crippen molar-refractivity contribution in [2.24, 2.45) is 0 Å². The molecule has 4 aromatic rings. The van der Waals surface area contributed by atoms with E-state index in [1.54, 1.807) is 41.7 Å². The number of aromatic nitrogens is 4. The number of piperazine rings is 1. The Balaban J connectivity index is 1.57. The van der Waals surface area contributed by atoms with E-state index in [1.165, 1.54) is 4.52 Å². The van der Waals surface area contributed by atoms with Gasteiger partial charge in [-0.25, -0.2) is 14.5 Å². The summed E-state index contributed by atoms with van der Waals surface area (Å²) in [7, 11) is 0. The summed E-state index contributed by atoms with van der Waals surface area (Å²) in [6, 6.07) is 11.7. The highest BCUT2D eigenvalue weighted by Crippen LogP contribution is 2.34. The zero-order valence-corrected chi connectivity index (χ0v) is 18.4. The molecule has 1 fully saturated rings. The summed E-state index contributed by atoms with van der Waals surface area (Å²) >= 11 is 1.58. The van der Waals surface area contributed by atoms with Gasteiger partial charge in [0.05, 0.1) is 11.4 Å². The fourth-order valence-corrected chi connectivity index (χ4v) is 4.74. The van der Waals surface area contributed by atoms with Crippen molar-refractivity contribution in [2.45, 2.75) is 13.1 Å². The molecule has 168 valence electrons. The van der Waals surface area contributed by atoms with Crippen LogP contribution in [0.25, 0.3) is 16.9 Å². The number of alkyl halides is 3. The second kappa shape index (κ2) is 8.04. The molecule has 0 atom stereocenters. The van der Waals surface area contributed by atoms with Gasteiger partial charge in [-0.1, -0.05) is 30.3 Å². The van der Waals surface area contributed by atoms with E-state index < -0.39 is 11.9 Å². The zero-order valence-electron chi connectivity index (χ0n) is 17.5. The molecule has 1 aliphatic rings. The minimum Gasteiger partial charge on any atom is -0.350 e. The lowest BCUT2D eigenvalue weighted by atomic mass is 10.1. The number of hydrogen-bond donors (Lipinski definition) is 0. The van der Waals surface area contributed by atoms with Gasteiger partial charge in [0.15, 0.2) is 16.6 Å². The van der Waals surface area contributed by atoms with E-state index in [0.29, 0.717) is 37.6 Å². The van der Waals surface area contributed by atoms with Gasteiger partial charge in [-0.2, -0.15) is 18.4 Å². The predicted molar refractivity (Wildman–Crippen MR) is 119 cm³/mol. The number of thiazole rings is 1. The third kappa shape index (κ3) is 3.87. The number of nitriles is 1. The second-order valence-electron chi connectivity index (χ2n) is 7.68. The molecular weight excluding hydrogens is 451 g/mol. The predicted octanol–water partition coefficient (Wildman–Crippen LogP) is 4.38. The topological polar surface area (TPSA) is 73.3 Å². The summed E-state index contributed by atoms with van der Waals surface area (Å²) in [4.78, 5) is 12.4. The van der Waals surface area contributed by atoms with Crippen LogP contribution >= 0.6 is 11.3 Å². The Morgan fingerprint density at radius 3 is 2.33 bits per heavy atom. The summed E-state index contributed by atoms with van der Waals surface area (Å²) in [6.45, 7) is 4.39. The van der Waals surface area contributed by atoms with Crippen LogP contribution in [-0.2, 0) is 6.18 Å². The van der Waals surface area contributed by atoms with Gasteiger partial charge in [0.1, 0.15) is 17.3 Å². The minimum atomic E-state index is -4.65. The maximum atomic E-state index is 13.6. The number of halogens is 3. The van der Waals surface area contributed by atoms with Crippen LogP contribution in [0.1, 0.15) is 17.0 Å². The molecular formula is C22H18F3N7S. The average molecular weight is 469 g/mol. The summed E-state index contributed by atoms with van der Waals surface area (Å²) in [5, 5.41) is 17.3. The molecule has 0 aliphatic carbocycles. The monoisotopic (exact) mass is 469 g/mol. The molecule has 0 saturated carbocycles. The molecule has 0 unspecified atom stereocenters. The highest BCUT2D eigenvalue weighted by Gasteiger charge is 2.35. The van der Waals surface area contributed by atoms with Crippen LogP contribution in [0.5, 0.6) is 0 Å². The van der Waals surface area contributed by atoms with E-state index in [9.17, 15) is 18.4 Å². The Labute approximate surface area is 191 Å². The fourth-order valence-electron chi connectivity index (χ4n) is 3.88. The van der Waals surface area contributed by atoms with Crippen molar-refractivity contribution >= 4 is 27.9 Å². The van der Waals surface area contributed by atoms with E-state index in [0.717, 1.165) is 16.9 Å². The van der Waals surface area contributed by atoms with E-state index in [2.05, 4.69) is 20.0 Å². The van der Waals surface area contributed by atoms with Crippen molar-refractivity contribution in [3.63, 3.8) is 0 Å². The molecule has 0 N–H and O–H groups in total. The lowest BCUT2D eigenvalue weighted by Gasteiger charge is -2.34. The lowest BCUT2D eigenvalue weighted by molar-refractivity contribution is -0.141. The Morgan fingerprint density at radius 1 is 1.03 bits per heavy atom. The molecule has 33 heavy (non-hydrogen) atoms. The van der Waals surface area contributed by atoms with Crippen LogP contribution in [0, 0.1) is 18.3 Å². The van der Waals surface area contributed by atoms with Gasteiger partial charge in [-0.15, -0.1) is 16.4 Å². The van der Waals surface area contributed by atoms with E-state index in [4.69, 9.17) is 0 Å². The molecule has 1 saturated heterocycles. The number of benzene rings is 1. The highest BCUT2D eigenvalue weighted by molar-refractivity contribution is 7.13. The smallest absolute Gasteiger partial charge is 0.350 e. The third-order valence-corrected chi connectivity index (χ3v) is 6.52. The largest absolute Gasteiger partial charge is 0.433 e. The van der Waals surface area contributed by atoms with Crippen molar-refractivity contribution in [1.82, 2.24) is 19.6 Å². The number of anilines is 2. The first kappa shape index (κ1) is 21.2. The first-order valence-electron chi connectivity index (χ1n) is 10.2. The van der Waals surface area contributed by atoms with Crippen LogP contribution in [-0.4, -0.2) is 45.8 Å². The number of nitrogens with zero attached hydrogens (tertiary/aromatic N) is 7. The lowest BCUT2D eigenvalue weighted by Crippen LogP contribution is -2.47. The number of rotatable bonds is 3. The highest BCUT2D eigenvalue weighted by atomic mass is 32.1. The molecule has 4 heterocycles. The quantitative estimate of drug-likeness (QED) is 0.444. The van der Waals surface area contributed by atoms with Gasteiger partial charge in [0.25, 0.3) is 0 Å². The summed E-state index contributed by atoms with van der Waals surface area (Å²) in [6.07, 6.45) is -4.65. The van der Waals surface area contributed by atoms with Gasteiger partial charge in [-0.3, -0.25) is 0 Å². The average Bonchev–Trinajstić information content (AvgIpc) is 3.42. The third-order valence-electron chi connectivity index (χ3n) is 5.50. The summed E-state index contributed by atoms with van der Waals surface area (Å²) < 4.78 is 42.2. The maximum absolute atomic E-state index is 13.6. The summed E-state index contributed by atoms with van der Waals surface area (Å²) in [5.41, 5.74) is 0.631. The van der Waals surface area contributed by atoms with Crippen LogP contribution in [0.15, 0.2) is 41.8 Å². The number of fused-ring (bicyclic) bond motifs is 1. The number of hydrogen-bond acceptors (Lipinski definition) is 7. The Morgan fingerprint density at radius 2 is 1.73 bits per heavy atom. The van der Waals surface area contributed by atoms with E-state index in [-0.39, 0.29) is 16.9 Å². The molecule has 0 radical (unpaired) electrons. The van der Waals surface area contributed by atoms with Crippen LogP contribution in [0.4, 0.5) is 24.1 Å². The maximum Gasteiger partial charge on any atom is 0.433 e. The fraction of sp³-hybridized carbons (Fsp3) is 0.273. The molecule has 0 bridgehead atoms. The van der Waals surface area contributed by atoms with Crippen molar-refractivity contribution in [3.8, 4) is 17.3 Å². The second-order valence-corrected chi connectivity index (χ2v) is 8.52. The van der Waals surface area contributed by atoms with Crippen LogP contribution in [0.3, 0.4) is 0 Å². The molecule has 7 nitrogen and oxygen atoms in total. The van der Waals surface area contributed by atoms with E-state index >= 15 is 0 Å². The Kier molecular flexibility index (Phi) is 5.17. The first-order chi connectivity index (χ1) is 15.8. The van der Waals surface area contributed by atoms with Gasteiger partial charge >= 0.3 is 6.18 Å². The van der Waals surface area contributed by atoms with Gasteiger partial charge in [0, 0.05) is 37.1 Å². The normalized spacial score (nSPS) is 14.6. The van der Waals surface area contributed by atoms with Crippen LogP contribution < -0.4 is 9.80 Å². The molecule has 5 rings (SSSR count). The molecule has 0 spiro atoms. The van der Waals surface area contributed by atoms with Gasteiger partial charge < -0.3 is 9.80 Å². The number of aryl methyl sites for hydroxylation is 1. The van der Waals surface area contributed by atoms with E-state index in [1.807, 2.05) is 23.3 Å². The Bertz CT molecular complexity index is 1350. The zero-order chi connectivity index (χ0) is 23.2. The molecule has 1 aromatic carbocycles. The van der Waals surface area contributed by atoms with Crippen molar-refractivity contribution in [3.05, 3.63) is 58.7 Å². The van der Waals surface area contributed by atoms with Gasteiger partial charge in [-0.05, 0) is 13.0 Å². The minimum absolute atomic E-state index is 0.0387. The summed E-state index contributed by atoms with van der Waals surface area (Å²) in [5.74, 6) is 0.344. The SMILES string of the molecule is Cc1csc(N2CCN(c3nn4c(-c5ccccc5)cc(C(F)(F)F)nc4c3C#N)CC2)n1.